The minimum Gasteiger partial charge on any atom is -0.368 e. The molecule has 0 unspecified atom stereocenters. The van der Waals surface area contributed by atoms with Crippen LogP contribution in [0.5, 0.6) is 0 Å². The third-order valence-electron chi connectivity index (χ3n) is 1.89. The Morgan fingerprint density at radius 2 is 2.12 bits per heavy atom. The molecule has 0 aliphatic carbocycles. The van der Waals surface area contributed by atoms with Gasteiger partial charge in [-0.15, -0.1) is 11.3 Å². The van der Waals surface area contributed by atoms with E-state index in [1.807, 2.05) is 19.2 Å². The third-order valence-corrected chi connectivity index (χ3v) is 4.57. The van der Waals surface area contributed by atoms with Crippen LogP contribution in [0.25, 0.3) is 10.7 Å². The zero-order valence-electron chi connectivity index (χ0n) is 8.69. The fraction of sp³-hybridized carbons (Fsp3) is 0.222. The van der Waals surface area contributed by atoms with Gasteiger partial charge in [-0.25, -0.2) is 4.98 Å². The quantitative estimate of drug-likeness (QED) is 0.863. The molecule has 4 nitrogen and oxygen atoms in total. The highest BCUT2D eigenvalue weighted by atomic mass is 79.9. The SMILES string of the molecule is CSc1nc(N)nc(-c2cc(C)c(Br)s2)n1. The molecule has 84 valence electrons. The maximum Gasteiger partial charge on any atom is 0.224 e. The summed E-state index contributed by atoms with van der Waals surface area (Å²) in [6, 6.07) is 2.04. The minimum absolute atomic E-state index is 0.261. The maximum atomic E-state index is 5.63. The topological polar surface area (TPSA) is 64.7 Å². The molecule has 0 aromatic carbocycles. The lowest BCUT2D eigenvalue weighted by atomic mass is 10.3. The maximum absolute atomic E-state index is 5.63. The van der Waals surface area contributed by atoms with Crippen molar-refractivity contribution in [2.45, 2.75) is 12.1 Å². The smallest absolute Gasteiger partial charge is 0.224 e. The molecular formula is C9H9BrN4S2. The Morgan fingerprint density at radius 3 is 2.69 bits per heavy atom. The van der Waals surface area contributed by atoms with Gasteiger partial charge >= 0.3 is 0 Å². The largest absolute Gasteiger partial charge is 0.368 e. The van der Waals surface area contributed by atoms with E-state index in [1.54, 1.807) is 11.3 Å². The molecule has 0 saturated carbocycles. The highest BCUT2D eigenvalue weighted by Crippen LogP contribution is 2.33. The van der Waals surface area contributed by atoms with E-state index in [0.29, 0.717) is 11.0 Å². The van der Waals surface area contributed by atoms with Gasteiger partial charge in [0.1, 0.15) is 0 Å². The van der Waals surface area contributed by atoms with Crippen molar-refractivity contribution >= 4 is 45.0 Å². The Labute approximate surface area is 110 Å². The second-order valence-electron chi connectivity index (χ2n) is 3.07. The van der Waals surface area contributed by atoms with Gasteiger partial charge in [0.25, 0.3) is 0 Å². The van der Waals surface area contributed by atoms with Gasteiger partial charge in [0, 0.05) is 0 Å². The van der Waals surface area contributed by atoms with Crippen molar-refractivity contribution in [3.05, 3.63) is 15.4 Å². The summed E-state index contributed by atoms with van der Waals surface area (Å²) < 4.78 is 1.09. The number of rotatable bonds is 2. The standard InChI is InChI=1S/C9H9BrN4S2/c1-4-3-5(16-6(4)10)7-12-8(11)14-9(13-7)15-2/h3H,1-2H3,(H2,11,12,13,14). The number of thioether (sulfide) groups is 1. The van der Waals surface area contributed by atoms with Crippen LogP contribution in [0, 0.1) is 6.92 Å². The summed E-state index contributed by atoms with van der Waals surface area (Å²) in [6.45, 7) is 2.03. The van der Waals surface area contributed by atoms with E-state index in [2.05, 4.69) is 30.9 Å². The van der Waals surface area contributed by atoms with E-state index >= 15 is 0 Å². The predicted octanol–water partition coefficient (Wildman–Crippen LogP) is 2.98. The second kappa shape index (κ2) is 4.68. The molecule has 16 heavy (non-hydrogen) atoms. The van der Waals surface area contributed by atoms with Crippen molar-refractivity contribution < 1.29 is 0 Å². The number of aryl methyl sites for hydroxylation is 1. The van der Waals surface area contributed by atoms with Crippen molar-refractivity contribution in [1.82, 2.24) is 15.0 Å². The lowest BCUT2D eigenvalue weighted by Gasteiger charge is -2.00. The highest BCUT2D eigenvalue weighted by Gasteiger charge is 2.10. The van der Waals surface area contributed by atoms with Crippen molar-refractivity contribution in [1.29, 1.82) is 0 Å². The summed E-state index contributed by atoms with van der Waals surface area (Å²) in [5.74, 6) is 0.896. The van der Waals surface area contributed by atoms with Crippen LogP contribution in [0.3, 0.4) is 0 Å². The van der Waals surface area contributed by atoms with Gasteiger partial charge in [-0.05, 0) is 40.7 Å². The first-order chi connectivity index (χ1) is 7.60. The molecule has 2 heterocycles. The molecule has 0 aliphatic heterocycles. The normalized spacial score (nSPS) is 10.7. The van der Waals surface area contributed by atoms with Crippen LogP contribution in [0.15, 0.2) is 15.0 Å². The number of nitrogens with two attached hydrogens (primary N) is 1. The van der Waals surface area contributed by atoms with Crippen LogP contribution in [0.1, 0.15) is 5.56 Å². The van der Waals surface area contributed by atoms with E-state index in [9.17, 15) is 0 Å². The summed E-state index contributed by atoms with van der Waals surface area (Å²) in [7, 11) is 0. The van der Waals surface area contributed by atoms with E-state index in [0.717, 1.165) is 8.66 Å². The Morgan fingerprint density at radius 1 is 1.38 bits per heavy atom. The van der Waals surface area contributed by atoms with Gasteiger partial charge in [0.05, 0.1) is 8.66 Å². The molecule has 0 radical (unpaired) electrons. The lowest BCUT2D eigenvalue weighted by Crippen LogP contribution is -2.00. The number of hydrogen-bond acceptors (Lipinski definition) is 6. The first kappa shape index (κ1) is 11.8. The van der Waals surface area contributed by atoms with Gasteiger partial charge in [-0.3, -0.25) is 0 Å². The second-order valence-corrected chi connectivity index (χ2v) is 6.21. The Balaban J connectivity index is 2.50. The van der Waals surface area contributed by atoms with Crippen LogP contribution in [-0.2, 0) is 0 Å². The zero-order chi connectivity index (χ0) is 11.7. The fourth-order valence-electron chi connectivity index (χ4n) is 1.14. The molecule has 0 spiro atoms. The molecule has 2 aromatic rings. The van der Waals surface area contributed by atoms with Crippen molar-refractivity contribution in [2.75, 3.05) is 12.0 Å². The molecule has 2 aromatic heterocycles. The number of hydrogen-bond donors (Lipinski definition) is 1. The fourth-order valence-corrected chi connectivity index (χ4v) is 2.98. The van der Waals surface area contributed by atoms with Crippen molar-refractivity contribution in [3.8, 4) is 10.7 Å². The van der Waals surface area contributed by atoms with Crippen molar-refractivity contribution in [3.63, 3.8) is 0 Å². The van der Waals surface area contributed by atoms with E-state index in [1.165, 1.54) is 17.3 Å². The van der Waals surface area contributed by atoms with Gasteiger partial charge < -0.3 is 5.73 Å². The van der Waals surface area contributed by atoms with Crippen molar-refractivity contribution in [2.24, 2.45) is 0 Å². The number of nitrogens with zero attached hydrogens (tertiary/aromatic N) is 3. The monoisotopic (exact) mass is 316 g/mol. The number of nitrogen functional groups attached to an aromatic ring is 1. The van der Waals surface area contributed by atoms with Gasteiger partial charge in [-0.2, -0.15) is 9.97 Å². The van der Waals surface area contributed by atoms with E-state index in [-0.39, 0.29) is 5.95 Å². The Hall–Kier alpha value is -0.660. The molecule has 0 atom stereocenters. The van der Waals surface area contributed by atoms with Gasteiger partial charge in [-0.1, -0.05) is 11.8 Å². The summed E-state index contributed by atoms with van der Waals surface area (Å²) in [4.78, 5) is 13.5. The highest BCUT2D eigenvalue weighted by molar-refractivity contribution is 9.11. The van der Waals surface area contributed by atoms with Crippen LogP contribution in [0.4, 0.5) is 5.95 Å². The summed E-state index contributed by atoms with van der Waals surface area (Å²) in [6.07, 6.45) is 1.91. The van der Waals surface area contributed by atoms with E-state index < -0.39 is 0 Å². The first-order valence-corrected chi connectivity index (χ1v) is 7.25. The molecule has 0 bridgehead atoms. The first-order valence-electron chi connectivity index (χ1n) is 4.42. The predicted molar refractivity (Wildman–Crippen MR) is 71.8 cm³/mol. The Kier molecular flexibility index (Phi) is 3.46. The molecule has 2 N–H and O–H groups in total. The average Bonchev–Trinajstić information content (AvgIpc) is 2.58. The number of thiophene rings is 1. The molecule has 0 fully saturated rings. The molecule has 0 amide bonds. The average molecular weight is 317 g/mol. The third kappa shape index (κ3) is 2.36. The van der Waals surface area contributed by atoms with Crippen LogP contribution in [0.2, 0.25) is 0 Å². The van der Waals surface area contributed by atoms with E-state index in [4.69, 9.17) is 5.73 Å². The molecule has 7 heteroatoms. The molecule has 0 aliphatic rings. The van der Waals surface area contributed by atoms with Crippen LogP contribution >= 0.6 is 39.0 Å². The zero-order valence-corrected chi connectivity index (χ0v) is 11.9. The van der Waals surface area contributed by atoms with Crippen LogP contribution in [-0.4, -0.2) is 21.2 Å². The van der Waals surface area contributed by atoms with Gasteiger partial charge in [0.15, 0.2) is 11.0 Å². The lowest BCUT2D eigenvalue weighted by molar-refractivity contribution is 0.930. The number of halogens is 1. The molecule has 2 rings (SSSR count). The Bertz CT molecular complexity index is 507. The molecule has 0 saturated heterocycles. The number of aromatic nitrogens is 3. The summed E-state index contributed by atoms with van der Waals surface area (Å²) in [5.41, 5.74) is 6.81. The number of anilines is 1. The summed E-state index contributed by atoms with van der Waals surface area (Å²) >= 11 is 6.53. The molecular weight excluding hydrogens is 308 g/mol. The summed E-state index contributed by atoms with van der Waals surface area (Å²) in [5, 5.41) is 0.643. The van der Waals surface area contributed by atoms with Gasteiger partial charge in [0.2, 0.25) is 5.95 Å². The minimum atomic E-state index is 0.261. The van der Waals surface area contributed by atoms with Crippen LogP contribution < -0.4 is 5.73 Å².